The maximum atomic E-state index is 10.2. The molecule has 1 aromatic heterocycles. The molecule has 0 radical (unpaired) electrons. The molecule has 7 heteroatoms. The van der Waals surface area contributed by atoms with Gasteiger partial charge in [0.15, 0.2) is 0 Å². The minimum Gasteiger partial charge on any atom is -0.489 e. The number of hydrogen-bond acceptors (Lipinski definition) is 2. The first-order chi connectivity index (χ1) is 12.5. The van der Waals surface area contributed by atoms with Crippen LogP contribution in [0, 0.1) is 0 Å². The third-order valence-corrected chi connectivity index (χ3v) is 4.70. The fraction of sp³-hybridized carbons (Fsp3) is 0.211. The summed E-state index contributed by atoms with van der Waals surface area (Å²) >= 11 is 18.1. The van der Waals surface area contributed by atoms with E-state index in [1.807, 2.05) is 52.1 Å². The summed E-state index contributed by atoms with van der Waals surface area (Å²) in [5.74, 6) is 0.497. The van der Waals surface area contributed by atoms with E-state index in [-0.39, 0.29) is 6.61 Å². The molecule has 4 nitrogen and oxygen atoms in total. The highest BCUT2D eigenvalue weighted by atomic mass is 35.5. The highest BCUT2D eigenvalue weighted by Gasteiger charge is 2.13. The van der Waals surface area contributed by atoms with Crippen LogP contribution >= 0.6 is 34.8 Å². The molecule has 26 heavy (non-hydrogen) atoms. The molecule has 0 aliphatic heterocycles. The minimum atomic E-state index is -0.678. The van der Waals surface area contributed by atoms with E-state index in [0.29, 0.717) is 28.9 Å². The zero-order valence-corrected chi connectivity index (χ0v) is 16.1. The van der Waals surface area contributed by atoms with Gasteiger partial charge in [0.2, 0.25) is 6.33 Å². The number of aliphatic hydroxyl groups excluding tert-OH is 1. The minimum absolute atomic E-state index is 0.129. The molecule has 1 N–H and O–H groups in total. The van der Waals surface area contributed by atoms with Crippen LogP contribution < -0.4 is 9.30 Å². The highest BCUT2D eigenvalue weighted by Crippen LogP contribution is 2.27. The van der Waals surface area contributed by atoms with Gasteiger partial charge in [-0.05, 0) is 24.3 Å². The molecule has 0 aliphatic carbocycles. The van der Waals surface area contributed by atoms with Gasteiger partial charge < -0.3 is 9.84 Å². The third-order valence-electron chi connectivity index (χ3n) is 3.80. The standard InChI is InChI=1S/C19H18Cl3N2O2/c20-15-5-6-19(18(22)9-15)26-12-16(25)11-24-8-7-23(13-24)10-14-3-1-2-4-17(14)21/h1-9,13,16,25H,10-12H2/q+1. The number of nitrogens with zero attached hydrogens (tertiary/aromatic N) is 2. The van der Waals surface area contributed by atoms with Crippen molar-refractivity contribution in [2.45, 2.75) is 19.2 Å². The molecule has 0 fully saturated rings. The number of imidazole rings is 1. The van der Waals surface area contributed by atoms with E-state index in [1.54, 1.807) is 18.2 Å². The van der Waals surface area contributed by atoms with E-state index in [1.165, 1.54) is 0 Å². The number of benzene rings is 2. The van der Waals surface area contributed by atoms with Gasteiger partial charge in [0.25, 0.3) is 0 Å². The molecule has 1 atom stereocenters. The predicted octanol–water partition coefficient (Wildman–Crippen LogP) is 4.22. The Bertz CT molecular complexity index is 883. The Morgan fingerprint density at radius 3 is 2.65 bits per heavy atom. The first-order valence-electron chi connectivity index (χ1n) is 8.05. The average Bonchev–Trinajstić information content (AvgIpc) is 3.03. The van der Waals surface area contributed by atoms with Crippen molar-refractivity contribution in [3.8, 4) is 5.75 Å². The molecular weight excluding hydrogens is 395 g/mol. The van der Waals surface area contributed by atoms with Crippen LogP contribution in [0.25, 0.3) is 0 Å². The van der Waals surface area contributed by atoms with Crippen molar-refractivity contribution in [2.75, 3.05) is 6.61 Å². The van der Waals surface area contributed by atoms with Crippen LogP contribution in [-0.2, 0) is 13.1 Å². The topological polar surface area (TPSA) is 38.3 Å². The van der Waals surface area contributed by atoms with Crippen molar-refractivity contribution in [3.63, 3.8) is 0 Å². The summed E-state index contributed by atoms with van der Waals surface area (Å²) in [6, 6.07) is 12.7. The maximum Gasteiger partial charge on any atom is 0.244 e. The summed E-state index contributed by atoms with van der Waals surface area (Å²) in [7, 11) is 0. The van der Waals surface area contributed by atoms with Gasteiger partial charge in [-0.1, -0.05) is 53.0 Å². The normalized spacial score (nSPS) is 12.2. The van der Waals surface area contributed by atoms with Crippen molar-refractivity contribution < 1.29 is 14.4 Å². The monoisotopic (exact) mass is 411 g/mol. The second-order valence-corrected chi connectivity index (χ2v) is 7.16. The van der Waals surface area contributed by atoms with Crippen molar-refractivity contribution in [1.29, 1.82) is 0 Å². The van der Waals surface area contributed by atoms with Crippen molar-refractivity contribution >= 4 is 34.8 Å². The van der Waals surface area contributed by atoms with Crippen LogP contribution in [-0.4, -0.2) is 22.4 Å². The van der Waals surface area contributed by atoms with Gasteiger partial charge in [-0.2, -0.15) is 0 Å². The summed E-state index contributed by atoms with van der Waals surface area (Å²) < 4.78 is 9.47. The third kappa shape index (κ3) is 5.15. The molecule has 1 heterocycles. The molecule has 0 amide bonds. The predicted molar refractivity (Wildman–Crippen MR) is 103 cm³/mol. The maximum absolute atomic E-state index is 10.2. The molecule has 0 aliphatic rings. The zero-order chi connectivity index (χ0) is 18.5. The lowest BCUT2D eigenvalue weighted by molar-refractivity contribution is -0.687. The zero-order valence-electron chi connectivity index (χ0n) is 13.9. The van der Waals surface area contributed by atoms with Crippen molar-refractivity contribution in [1.82, 2.24) is 4.57 Å². The van der Waals surface area contributed by atoms with Crippen LogP contribution in [0.2, 0.25) is 15.1 Å². The van der Waals surface area contributed by atoms with E-state index < -0.39 is 6.10 Å². The van der Waals surface area contributed by atoms with Gasteiger partial charge in [0.05, 0.1) is 5.02 Å². The average molecular weight is 413 g/mol. The summed E-state index contributed by atoms with van der Waals surface area (Å²) in [5.41, 5.74) is 1.04. The smallest absolute Gasteiger partial charge is 0.244 e. The van der Waals surface area contributed by atoms with E-state index in [9.17, 15) is 5.11 Å². The van der Waals surface area contributed by atoms with Crippen molar-refractivity contribution in [2.24, 2.45) is 0 Å². The molecule has 3 rings (SSSR count). The van der Waals surface area contributed by atoms with E-state index >= 15 is 0 Å². The number of rotatable bonds is 7. The SMILES string of the molecule is OC(COc1ccc(Cl)cc1Cl)Cn1cc[n+](Cc2ccccc2Cl)c1. The lowest BCUT2D eigenvalue weighted by atomic mass is 10.2. The van der Waals surface area contributed by atoms with Crippen LogP contribution in [0.15, 0.2) is 61.2 Å². The summed E-state index contributed by atoms with van der Waals surface area (Å²) in [4.78, 5) is 0. The van der Waals surface area contributed by atoms with Crippen molar-refractivity contribution in [3.05, 3.63) is 81.8 Å². The molecule has 0 spiro atoms. The molecule has 0 saturated heterocycles. The highest BCUT2D eigenvalue weighted by molar-refractivity contribution is 6.35. The molecule has 1 unspecified atom stereocenters. The number of aliphatic hydroxyl groups is 1. The van der Waals surface area contributed by atoms with Crippen LogP contribution in [0.1, 0.15) is 5.56 Å². The van der Waals surface area contributed by atoms with Gasteiger partial charge in [0, 0.05) is 15.6 Å². The molecule has 2 aromatic carbocycles. The van der Waals surface area contributed by atoms with E-state index in [4.69, 9.17) is 39.5 Å². The first-order valence-corrected chi connectivity index (χ1v) is 9.19. The van der Waals surface area contributed by atoms with Gasteiger partial charge in [-0.3, -0.25) is 0 Å². The van der Waals surface area contributed by atoms with Gasteiger partial charge in [-0.25, -0.2) is 9.13 Å². The quantitative estimate of drug-likeness (QED) is 0.590. The summed E-state index contributed by atoms with van der Waals surface area (Å²) in [6.45, 7) is 1.20. The fourth-order valence-electron chi connectivity index (χ4n) is 2.54. The number of halogens is 3. The Hall–Kier alpha value is -1.72. The number of hydrogen-bond donors (Lipinski definition) is 1. The van der Waals surface area contributed by atoms with Crippen LogP contribution in [0.3, 0.4) is 0 Å². The molecule has 3 aromatic rings. The Labute approximate surface area is 167 Å². The number of ether oxygens (including phenoxy) is 1. The van der Waals surface area contributed by atoms with Crippen LogP contribution in [0.5, 0.6) is 5.75 Å². The summed E-state index contributed by atoms with van der Waals surface area (Å²) in [5, 5.41) is 11.9. The first kappa shape index (κ1) is 19.1. The van der Waals surface area contributed by atoms with Gasteiger partial charge >= 0.3 is 0 Å². The Morgan fingerprint density at radius 2 is 1.88 bits per heavy atom. The largest absolute Gasteiger partial charge is 0.489 e. The Balaban J connectivity index is 1.54. The lowest BCUT2D eigenvalue weighted by Crippen LogP contribution is -2.32. The molecule has 0 saturated carbocycles. The van der Waals surface area contributed by atoms with E-state index in [0.717, 1.165) is 10.6 Å². The van der Waals surface area contributed by atoms with E-state index in [2.05, 4.69) is 0 Å². The fourth-order valence-corrected chi connectivity index (χ4v) is 3.20. The lowest BCUT2D eigenvalue weighted by Gasteiger charge is -2.12. The van der Waals surface area contributed by atoms with Gasteiger partial charge in [-0.15, -0.1) is 0 Å². The Morgan fingerprint density at radius 1 is 1.08 bits per heavy atom. The molecular formula is C19H18Cl3N2O2+. The van der Waals surface area contributed by atoms with Gasteiger partial charge in [0.1, 0.15) is 43.9 Å². The summed E-state index contributed by atoms with van der Waals surface area (Å²) in [6.07, 6.45) is 5.08. The second kappa shape index (κ2) is 8.78. The Kier molecular flexibility index (Phi) is 6.43. The molecule has 0 bridgehead atoms. The number of aromatic nitrogens is 2. The van der Waals surface area contributed by atoms with Crippen LogP contribution in [0.4, 0.5) is 0 Å². The molecule has 136 valence electrons. The second-order valence-electron chi connectivity index (χ2n) is 5.91.